The van der Waals surface area contributed by atoms with Gasteiger partial charge in [-0.1, -0.05) is 62.4 Å². The van der Waals surface area contributed by atoms with E-state index in [1.807, 2.05) is 0 Å². The summed E-state index contributed by atoms with van der Waals surface area (Å²) in [5, 5.41) is 3.49. The molecule has 0 spiro atoms. The highest BCUT2D eigenvalue weighted by Gasteiger charge is 2.07. The first-order chi connectivity index (χ1) is 9.66. The summed E-state index contributed by atoms with van der Waals surface area (Å²) in [7, 11) is 2.15. The molecule has 2 aromatic carbocycles. The van der Waals surface area contributed by atoms with Gasteiger partial charge in [-0.25, -0.2) is 0 Å². The van der Waals surface area contributed by atoms with Crippen LogP contribution in [0.4, 0.5) is 5.69 Å². The Bertz CT molecular complexity index is 520. The highest BCUT2D eigenvalue weighted by molar-refractivity contribution is 5.53. The Morgan fingerprint density at radius 2 is 1.60 bits per heavy atom. The van der Waals surface area contributed by atoms with Crippen LogP contribution in [-0.4, -0.2) is 13.1 Å². The van der Waals surface area contributed by atoms with Crippen molar-refractivity contribution >= 4 is 5.69 Å². The molecular formula is C18H24N2. The van der Waals surface area contributed by atoms with Crippen LogP contribution in [0.15, 0.2) is 54.6 Å². The minimum Gasteiger partial charge on any atom is -0.370 e. The third-order valence-corrected chi connectivity index (χ3v) is 3.37. The fraction of sp³-hybridized carbons (Fsp3) is 0.333. The highest BCUT2D eigenvalue weighted by Crippen LogP contribution is 2.21. The Morgan fingerprint density at radius 1 is 0.950 bits per heavy atom. The van der Waals surface area contributed by atoms with E-state index < -0.39 is 0 Å². The molecule has 0 bridgehead atoms. The van der Waals surface area contributed by atoms with Gasteiger partial charge in [0.15, 0.2) is 0 Å². The first-order valence-electron chi connectivity index (χ1n) is 7.23. The van der Waals surface area contributed by atoms with Crippen LogP contribution in [0.3, 0.4) is 0 Å². The van der Waals surface area contributed by atoms with Crippen molar-refractivity contribution in [3.8, 4) is 0 Å². The molecule has 0 fully saturated rings. The van der Waals surface area contributed by atoms with Gasteiger partial charge in [0.2, 0.25) is 0 Å². The summed E-state index contributed by atoms with van der Waals surface area (Å²) < 4.78 is 0. The van der Waals surface area contributed by atoms with E-state index in [2.05, 4.69) is 85.7 Å². The molecule has 0 unspecified atom stereocenters. The van der Waals surface area contributed by atoms with E-state index in [1.54, 1.807) is 0 Å². The Kier molecular flexibility index (Phi) is 5.19. The molecule has 106 valence electrons. The number of rotatable bonds is 6. The zero-order valence-electron chi connectivity index (χ0n) is 12.6. The van der Waals surface area contributed by atoms with E-state index in [-0.39, 0.29) is 0 Å². The van der Waals surface area contributed by atoms with Crippen LogP contribution in [0.5, 0.6) is 0 Å². The molecule has 2 heteroatoms. The molecule has 2 rings (SSSR count). The Balaban J connectivity index is 2.11. The van der Waals surface area contributed by atoms with Crippen LogP contribution in [0, 0.1) is 0 Å². The first-order valence-corrected chi connectivity index (χ1v) is 7.23. The van der Waals surface area contributed by atoms with Gasteiger partial charge >= 0.3 is 0 Å². The molecule has 20 heavy (non-hydrogen) atoms. The van der Waals surface area contributed by atoms with E-state index in [4.69, 9.17) is 0 Å². The molecule has 2 aromatic rings. The smallest absolute Gasteiger partial charge is 0.0426 e. The lowest BCUT2D eigenvalue weighted by Gasteiger charge is -2.23. The summed E-state index contributed by atoms with van der Waals surface area (Å²) in [6.45, 7) is 6.19. The molecule has 0 amide bonds. The van der Waals surface area contributed by atoms with Gasteiger partial charge in [-0.3, -0.25) is 0 Å². The molecule has 0 aliphatic carbocycles. The molecule has 2 nitrogen and oxygen atoms in total. The van der Waals surface area contributed by atoms with Gasteiger partial charge in [-0.05, 0) is 17.2 Å². The van der Waals surface area contributed by atoms with Crippen molar-refractivity contribution in [3.05, 3.63) is 65.7 Å². The van der Waals surface area contributed by atoms with E-state index in [0.29, 0.717) is 6.04 Å². The molecule has 0 saturated heterocycles. The van der Waals surface area contributed by atoms with Crippen molar-refractivity contribution in [1.29, 1.82) is 0 Å². The molecule has 0 heterocycles. The van der Waals surface area contributed by atoms with Gasteiger partial charge in [-0.2, -0.15) is 0 Å². The maximum atomic E-state index is 3.49. The van der Waals surface area contributed by atoms with E-state index in [1.165, 1.54) is 16.8 Å². The van der Waals surface area contributed by atoms with Gasteiger partial charge in [0.25, 0.3) is 0 Å². The monoisotopic (exact) mass is 268 g/mol. The van der Waals surface area contributed by atoms with Crippen molar-refractivity contribution in [1.82, 2.24) is 5.32 Å². The second-order valence-corrected chi connectivity index (χ2v) is 5.51. The Hall–Kier alpha value is -1.80. The Labute approximate surface area is 122 Å². The lowest BCUT2D eigenvalue weighted by atomic mass is 10.1. The molecule has 0 atom stereocenters. The minimum atomic E-state index is 0.502. The van der Waals surface area contributed by atoms with Crippen molar-refractivity contribution in [2.75, 3.05) is 11.9 Å². The van der Waals surface area contributed by atoms with E-state index >= 15 is 0 Å². The lowest BCUT2D eigenvalue weighted by molar-refractivity contribution is 0.588. The Morgan fingerprint density at radius 3 is 2.30 bits per heavy atom. The van der Waals surface area contributed by atoms with Crippen LogP contribution in [-0.2, 0) is 13.1 Å². The van der Waals surface area contributed by atoms with Gasteiger partial charge in [0.05, 0.1) is 0 Å². The SMILES string of the molecule is CC(C)NCc1ccccc1N(C)Cc1ccccc1. The quantitative estimate of drug-likeness (QED) is 0.856. The molecular weight excluding hydrogens is 244 g/mol. The third kappa shape index (κ3) is 4.10. The summed E-state index contributed by atoms with van der Waals surface area (Å²) in [5.74, 6) is 0. The summed E-state index contributed by atoms with van der Waals surface area (Å²) in [5.41, 5.74) is 3.98. The fourth-order valence-electron chi connectivity index (χ4n) is 2.29. The van der Waals surface area contributed by atoms with Crippen molar-refractivity contribution in [2.24, 2.45) is 0 Å². The van der Waals surface area contributed by atoms with Crippen molar-refractivity contribution in [3.63, 3.8) is 0 Å². The topological polar surface area (TPSA) is 15.3 Å². The van der Waals surface area contributed by atoms with E-state index in [9.17, 15) is 0 Å². The molecule has 0 aliphatic rings. The molecule has 0 aliphatic heterocycles. The number of benzene rings is 2. The van der Waals surface area contributed by atoms with E-state index in [0.717, 1.165) is 13.1 Å². The fourth-order valence-corrected chi connectivity index (χ4v) is 2.29. The summed E-state index contributed by atoms with van der Waals surface area (Å²) in [6.07, 6.45) is 0. The average Bonchev–Trinajstić information content (AvgIpc) is 2.46. The molecule has 0 aromatic heterocycles. The zero-order chi connectivity index (χ0) is 14.4. The first kappa shape index (κ1) is 14.6. The highest BCUT2D eigenvalue weighted by atomic mass is 15.1. The number of hydrogen-bond acceptors (Lipinski definition) is 2. The number of nitrogens with one attached hydrogen (secondary N) is 1. The molecule has 0 saturated carbocycles. The number of para-hydroxylation sites is 1. The number of nitrogens with zero attached hydrogens (tertiary/aromatic N) is 1. The number of anilines is 1. The largest absolute Gasteiger partial charge is 0.370 e. The van der Waals surface area contributed by atoms with Gasteiger partial charge < -0.3 is 10.2 Å². The summed E-state index contributed by atoms with van der Waals surface area (Å²) in [4.78, 5) is 2.31. The second-order valence-electron chi connectivity index (χ2n) is 5.51. The van der Waals surface area contributed by atoms with Gasteiger partial charge in [-0.15, -0.1) is 0 Å². The lowest BCUT2D eigenvalue weighted by Crippen LogP contribution is -2.24. The standard InChI is InChI=1S/C18H24N2/c1-15(2)19-13-17-11-7-8-12-18(17)20(3)14-16-9-5-4-6-10-16/h4-12,15,19H,13-14H2,1-3H3. The van der Waals surface area contributed by atoms with Crippen LogP contribution in [0.25, 0.3) is 0 Å². The number of hydrogen-bond donors (Lipinski definition) is 1. The maximum Gasteiger partial charge on any atom is 0.0426 e. The normalized spacial score (nSPS) is 10.8. The predicted molar refractivity (Wildman–Crippen MR) is 87.0 cm³/mol. The molecule has 1 N–H and O–H groups in total. The second kappa shape index (κ2) is 7.11. The van der Waals surface area contributed by atoms with Crippen LogP contribution < -0.4 is 10.2 Å². The average molecular weight is 268 g/mol. The zero-order valence-corrected chi connectivity index (χ0v) is 12.6. The third-order valence-electron chi connectivity index (χ3n) is 3.37. The van der Waals surface area contributed by atoms with Crippen molar-refractivity contribution < 1.29 is 0 Å². The minimum absolute atomic E-state index is 0.502. The maximum absolute atomic E-state index is 3.49. The van der Waals surface area contributed by atoms with Gasteiger partial charge in [0, 0.05) is 31.9 Å². The summed E-state index contributed by atoms with van der Waals surface area (Å²) in [6, 6.07) is 19.7. The molecule has 0 radical (unpaired) electrons. The van der Waals surface area contributed by atoms with Gasteiger partial charge in [0.1, 0.15) is 0 Å². The van der Waals surface area contributed by atoms with Crippen LogP contribution in [0.1, 0.15) is 25.0 Å². The van der Waals surface area contributed by atoms with Crippen LogP contribution >= 0.6 is 0 Å². The predicted octanol–water partition coefficient (Wildman–Crippen LogP) is 3.82. The summed E-state index contributed by atoms with van der Waals surface area (Å²) >= 11 is 0. The van der Waals surface area contributed by atoms with Crippen LogP contribution in [0.2, 0.25) is 0 Å². The van der Waals surface area contributed by atoms with Crippen molar-refractivity contribution in [2.45, 2.75) is 33.0 Å².